The number of nitro benzene ring substituents is 1. The Morgan fingerprint density at radius 2 is 1.94 bits per heavy atom. The van der Waals surface area contributed by atoms with Crippen LogP contribution in [0.2, 0.25) is 0 Å². The van der Waals surface area contributed by atoms with Gasteiger partial charge in [0.25, 0.3) is 5.69 Å². The number of rotatable bonds is 6. The lowest BCUT2D eigenvalue weighted by molar-refractivity contribution is -0.384. The summed E-state index contributed by atoms with van der Waals surface area (Å²) < 4.78 is 4.74. The van der Waals surface area contributed by atoms with E-state index in [-0.39, 0.29) is 5.69 Å². The van der Waals surface area contributed by atoms with Gasteiger partial charge in [0, 0.05) is 29.1 Å². The summed E-state index contributed by atoms with van der Waals surface area (Å²) in [4.78, 5) is 33.6. The second-order valence-electron chi connectivity index (χ2n) is 6.82. The van der Waals surface area contributed by atoms with Crippen LogP contribution in [0.5, 0.6) is 0 Å². The number of fused-ring (bicyclic) bond motifs is 1. The first-order valence-corrected chi connectivity index (χ1v) is 10.2. The number of nitrogens with one attached hydrogen (secondary N) is 1. The number of hydrogen-bond acceptors (Lipinski definition) is 8. The maximum Gasteiger partial charge on any atom is 0.337 e. The number of esters is 1. The van der Waals surface area contributed by atoms with Gasteiger partial charge in [-0.2, -0.15) is 0 Å². The number of non-ortho nitro benzene ring substituents is 1. The molecule has 2 aromatic heterocycles. The van der Waals surface area contributed by atoms with Crippen LogP contribution in [-0.4, -0.2) is 28.0 Å². The molecule has 0 saturated heterocycles. The standard InChI is InChI=1S/C22H18N4O4S/c1-13-10-18-20(23-12-14-4-3-5-17(11-14)26(28)29)24-19(25-21(18)31-13)15-6-8-16(9-7-15)22(27)30-2/h3-11H,12H2,1-2H3,(H,23,24,25). The van der Waals surface area contributed by atoms with Gasteiger partial charge in [0.2, 0.25) is 0 Å². The number of hydrogen-bond donors (Lipinski definition) is 1. The fourth-order valence-electron chi connectivity index (χ4n) is 3.14. The quantitative estimate of drug-likeness (QED) is 0.259. The summed E-state index contributed by atoms with van der Waals surface area (Å²) in [7, 11) is 1.34. The number of anilines is 1. The van der Waals surface area contributed by atoms with Gasteiger partial charge in [-0.05, 0) is 30.7 Å². The van der Waals surface area contributed by atoms with Gasteiger partial charge < -0.3 is 10.1 Å². The molecular formula is C22H18N4O4S. The number of carbonyl (C=O) groups is 1. The van der Waals surface area contributed by atoms with Crippen molar-refractivity contribution in [1.29, 1.82) is 0 Å². The summed E-state index contributed by atoms with van der Waals surface area (Å²) in [5.41, 5.74) is 2.03. The molecule has 9 heteroatoms. The van der Waals surface area contributed by atoms with Crippen LogP contribution < -0.4 is 5.32 Å². The first-order chi connectivity index (χ1) is 14.9. The number of methoxy groups -OCH3 is 1. The minimum atomic E-state index is -0.412. The Morgan fingerprint density at radius 3 is 2.65 bits per heavy atom. The monoisotopic (exact) mass is 434 g/mol. The molecule has 0 bridgehead atoms. The highest BCUT2D eigenvalue weighted by Gasteiger charge is 2.14. The maximum absolute atomic E-state index is 11.7. The van der Waals surface area contributed by atoms with Gasteiger partial charge in [-0.25, -0.2) is 14.8 Å². The van der Waals surface area contributed by atoms with Crippen LogP contribution in [0.4, 0.5) is 11.5 Å². The average molecular weight is 434 g/mol. The van der Waals surface area contributed by atoms with E-state index in [9.17, 15) is 14.9 Å². The highest BCUT2D eigenvalue weighted by atomic mass is 32.1. The summed E-state index contributed by atoms with van der Waals surface area (Å²) in [5.74, 6) is 0.760. The topological polar surface area (TPSA) is 107 Å². The molecule has 0 amide bonds. The molecule has 0 fully saturated rings. The van der Waals surface area contributed by atoms with Crippen LogP contribution in [0.3, 0.4) is 0 Å². The Morgan fingerprint density at radius 1 is 1.16 bits per heavy atom. The lowest BCUT2D eigenvalue weighted by Gasteiger charge is -2.09. The van der Waals surface area contributed by atoms with E-state index in [1.54, 1.807) is 41.7 Å². The molecule has 2 heterocycles. The van der Waals surface area contributed by atoms with E-state index in [1.807, 2.05) is 19.1 Å². The van der Waals surface area contributed by atoms with Gasteiger partial charge in [0.1, 0.15) is 10.6 Å². The summed E-state index contributed by atoms with van der Waals surface area (Å²) in [6, 6.07) is 15.4. The summed E-state index contributed by atoms with van der Waals surface area (Å²) in [6.45, 7) is 2.38. The molecule has 4 aromatic rings. The number of thiophene rings is 1. The summed E-state index contributed by atoms with van der Waals surface area (Å²) in [5, 5.41) is 15.2. The van der Waals surface area contributed by atoms with Crippen molar-refractivity contribution >= 4 is 39.0 Å². The molecule has 8 nitrogen and oxygen atoms in total. The van der Waals surface area contributed by atoms with E-state index < -0.39 is 10.9 Å². The van der Waals surface area contributed by atoms with E-state index >= 15 is 0 Å². The van der Waals surface area contributed by atoms with Crippen molar-refractivity contribution < 1.29 is 14.5 Å². The number of nitrogens with zero attached hydrogens (tertiary/aromatic N) is 3. The number of aryl methyl sites for hydroxylation is 1. The Kier molecular flexibility index (Phi) is 5.59. The molecule has 2 aromatic carbocycles. The Labute approximate surface area is 181 Å². The van der Waals surface area contributed by atoms with Crippen molar-refractivity contribution in [2.24, 2.45) is 0 Å². The zero-order chi connectivity index (χ0) is 22.0. The van der Waals surface area contributed by atoms with Gasteiger partial charge >= 0.3 is 5.97 Å². The predicted molar refractivity (Wildman–Crippen MR) is 119 cm³/mol. The van der Waals surface area contributed by atoms with Crippen LogP contribution in [0.15, 0.2) is 54.6 Å². The molecular weight excluding hydrogens is 416 g/mol. The molecule has 0 aliphatic heterocycles. The molecule has 0 radical (unpaired) electrons. The molecule has 0 unspecified atom stereocenters. The summed E-state index contributed by atoms with van der Waals surface area (Å²) >= 11 is 1.56. The molecule has 0 spiro atoms. The minimum Gasteiger partial charge on any atom is -0.465 e. The van der Waals surface area contributed by atoms with Crippen molar-refractivity contribution in [3.8, 4) is 11.4 Å². The molecule has 0 saturated carbocycles. The first-order valence-electron chi connectivity index (χ1n) is 9.39. The van der Waals surface area contributed by atoms with Crippen molar-refractivity contribution in [3.05, 3.63) is 80.7 Å². The number of nitro groups is 1. The number of ether oxygens (including phenoxy) is 1. The number of carbonyl (C=O) groups excluding carboxylic acids is 1. The van der Waals surface area contributed by atoms with Gasteiger partial charge in [-0.3, -0.25) is 10.1 Å². The highest BCUT2D eigenvalue weighted by molar-refractivity contribution is 7.18. The lowest BCUT2D eigenvalue weighted by Crippen LogP contribution is -2.04. The fraction of sp³-hybridized carbons (Fsp3) is 0.136. The van der Waals surface area contributed by atoms with E-state index in [1.165, 1.54) is 19.2 Å². The van der Waals surface area contributed by atoms with Crippen LogP contribution >= 0.6 is 11.3 Å². The summed E-state index contributed by atoms with van der Waals surface area (Å²) in [6.07, 6.45) is 0. The third kappa shape index (κ3) is 4.36. The van der Waals surface area contributed by atoms with Crippen molar-refractivity contribution in [1.82, 2.24) is 9.97 Å². The number of aromatic nitrogens is 2. The number of benzene rings is 2. The normalized spacial score (nSPS) is 10.8. The highest BCUT2D eigenvalue weighted by Crippen LogP contribution is 2.31. The molecule has 0 atom stereocenters. The average Bonchev–Trinajstić information content (AvgIpc) is 3.17. The fourth-order valence-corrected chi connectivity index (χ4v) is 4.02. The molecule has 31 heavy (non-hydrogen) atoms. The Bertz CT molecular complexity index is 1280. The third-order valence-corrected chi connectivity index (χ3v) is 5.61. The van der Waals surface area contributed by atoms with Gasteiger partial charge in [0.15, 0.2) is 5.82 Å². The Balaban J connectivity index is 1.67. The SMILES string of the molecule is COC(=O)c1ccc(-c2nc(NCc3cccc([N+](=O)[O-])c3)c3cc(C)sc3n2)cc1. The predicted octanol–water partition coefficient (Wildman–Crippen LogP) is 4.97. The van der Waals surface area contributed by atoms with Gasteiger partial charge in [0.05, 0.1) is 23.0 Å². The van der Waals surface area contributed by atoms with Gasteiger partial charge in [-0.15, -0.1) is 11.3 Å². The smallest absolute Gasteiger partial charge is 0.337 e. The van der Waals surface area contributed by atoms with E-state index in [0.717, 1.165) is 26.2 Å². The molecule has 1 N–H and O–H groups in total. The first kappa shape index (κ1) is 20.4. The van der Waals surface area contributed by atoms with Gasteiger partial charge in [-0.1, -0.05) is 24.3 Å². The second-order valence-corrected chi connectivity index (χ2v) is 8.06. The Hall–Kier alpha value is -3.85. The minimum absolute atomic E-state index is 0.0462. The van der Waals surface area contributed by atoms with Crippen LogP contribution in [-0.2, 0) is 11.3 Å². The van der Waals surface area contributed by atoms with Crippen LogP contribution in [0.1, 0.15) is 20.8 Å². The molecule has 0 aliphatic rings. The third-order valence-electron chi connectivity index (χ3n) is 4.66. The molecule has 4 rings (SSSR count). The van der Waals surface area contributed by atoms with Crippen molar-refractivity contribution in [3.63, 3.8) is 0 Å². The van der Waals surface area contributed by atoms with Crippen LogP contribution in [0.25, 0.3) is 21.6 Å². The zero-order valence-corrected chi connectivity index (χ0v) is 17.6. The second kappa shape index (κ2) is 8.49. The zero-order valence-electron chi connectivity index (χ0n) is 16.8. The largest absolute Gasteiger partial charge is 0.465 e. The van der Waals surface area contributed by atoms with E-state index in [2.05, 4.69) is 15.3 Å². The van der Waals surface area contributed by atoms with Crippen molar-refractivity contribution in [2.45, 2.75) is 13.5 Å². The lowest BCUT2D eigenvalue weighted by atomic mass is 10.1. The molecule has 0 aliphatic carbocycles. The van der Waals surface area contributed by atoms with E-state index in [0.29, 0.717) is 23.8 Å². The maximum atomic E-state index is 11.7. The van der Waals surface area contributed by atoms with E-state index in [4.69, 9.17) is 4.74 Å². The molecule has 156 valence electrons. The van der Waals surface area contributed by atoms with Crippen LogP contribution in [0, 0.1) is 17.0 Å². The van der Waals surface area contributed by atoms with Crippen molar-refractivity contribution in [2.75, 3.05) is 12.4 Å².